The predicted molar refractivity (Wildman–Crippen MR) is 111 cm³/mol. The van der Waals surface area contributed by atoms with Crippen molar-refractivity contribution in [2.45, 2.75) is 12.8 Å². The molecule has 0 bridgehead atoms. The molecule has 0 aromatic heterocycles. The van der Waals surface area contributed by atoms with Crippen LogP contribution >= 0.6 is 36.4 Å². The zero-order chi connectivity index (χ0) is 16.7. The third kappa shape index (κ3) is 7.95. The Hall–Kier alpha value is -0.810. The minimum atomic E-state index is -0.131. The first-order chi connectivity index (χ1) is 11.1. The molecule has 3 nitrogen and oxygen atoms in total. The fraction of sp³-hybridized carbons (Fsp3) is 0.368. The SMILES string of the molecule is CN(CCOC(c1ccccc1Cl)N(C)C)Cc1ccccc1.Cl.Cl. The lowest BCUT2D eigenvalue weighted by Crippen LogP contribution is -2.28. The number of ether oxygens (including phenoxy) is 1. The van der Waals surface area contributed by atoms with Gasteiger partial charge >= 0.3 is 0 Å². The Kier molecular flexibility index (Phi) is 12.1. The quantitative estimate of drug-likeness (QED) is 0.581. The predicted octanol–water partition coefficient (Wildman–Crippen LogP) is 4.89. The third-order valence-corrected chi connectivity index (χ3v) is 4.03. The van der Waals surface area contributed by atoms with Crippen molar-refractivity contribution in [2.24, 2.45) is 0 Å². The molecule has 0 fully saturated rings. The van der Waals surface area contributed by atoms with Crippen LogP contribution in [0.15, 0.2) is 54.6 Å². The second-order valence-corrected chi connectivity index (χ2v) is 6.34. The molecule has 2 aromatic rings. The molecule has 1 unspecified atom stereocenters. The van der Waals surface area contributed by atoms with Gasteiger partial charge in [-0.2, -0.15) is 0 Å². The zero-order valence-electron chi connectivity index (χ0n) is 14.9. The minimum absolute atomic E-state index is 0. The maximum absolute atomic E-state index is 6.29. The monoisotopic (exact) mass is 404 g/mol. The molecular weight excluding hydrogens is 379 g/mol. The topological polar surface area (TPSA) is 15.7 Å². The van der Waals surface area contributed by atoms with E-state index in [1.807, 2.05) is 49.3 Å². The smallest absolute Gasteiger partial charge is 0.137 e. The summed E-state index contributed by atoms with van der Waals surface area (Å²) in [4.78, 5) is 4.30. The van der Waals surface area contributed by atoms with Crippen molar-refractivity contribution in [1.82, 2.24) is 9.80 Å². The number of likely N-dealkylation sites (N-methyl/N-ethyl adjacent to an activating group) is 1. The number of nitrogens with zero attached hydrogens (tertiary/aromatic N) is 2. The van der Waals surface area contributed by atoms with Gasteiger partial charge < -0.3 is 4.74 Å². The second-order valence-electron chi connectivity index (χ2n) is 5.93. The maximum Gasteiger partial charge on any atom is 0.137 e. The summed E-state index contributed by atoms with van der Waals surface area (Å²) >= 11 is 6.29. The van der Waals surface area contributed by atoms with Crippen LogP contribution in [0.2, 0.25) is 5.02 Å². The average molecular weight is 406 g/mol. The van der Waals surface area contributed by atoms with Gasteiger partial charge in [-0.1, -0.05) is 60.1 Å². The van der Waals surface area contributed by atoms with Crippen LogP contribution in [0.25, 0.3) is 0 Å². The lowest BCUT2D eigenvalue weighted by molar-refractivity contribution is -0.0442. The van der Waals surface area contributed by atoms with E-state index in [-0.39, 0.29) is 31.0 Å². The molecule has 0 aliphatic heterocycles. The molecule has 2 rings (SSSR count). The van der Waals surface area contributed by atoms with Crippen molar-refractivity contribution < 1.29 is 4.74 Å². The van der Waals surface area contributed by atoms with Crippen LogP contribution in [0, 0.1) is 0 Å². The van der Waals surface area contributed by atoms with Gasteiger partial charge in [-0.25, -0.2) is 0 Å². The Balaban J connectivity index is 0.00000288. The van der Waals surface area contributed by atoms with Crippen LogP contribution in [-0.4, -0.2) is 44.1 Å². The molecule has 140 valence electrons. The van der Waals surface area contributed by atoms with Crippen LogP contribution in [0.5, 0.6) is 0 Å². The molecule has 2 aromatic carbocycles. The van der Waals surface area contributed by atoms with Crippen LogP contribution in [-0.2, 0) is 11.3 Å². The van der Waals surface area contributed by atoms with Gasteiger partial charge in [0.05, 0.1) is 6.61 Å². The van der Waals surface area contributed by atoms with Gasteiger partial charge in [-0.05, 0) is 32.8 Å². The summed E-state index contributed by atoms with van der Waals surface area (Å²) < 4.78 is 6.08. The van der Waals surface area contributed by atoms with E-state index >= 15 is 0 Å². The van der Waals surface area contributed by atoms with Gasteiger partial charge in [0.2, 0.25) is 0 Å². The largest absolute Gasteiger partial charge is 0.357 e. The summed E-state index contributed by atoms with van der Waals surface area (Å²) in [6, 6.07) is 18.3. The molecule has 0 N–H and O–H groups in total. The summed E-state index contributed by atoms with van der Waals surface area (Å²) in [5, 5.41) is 0.740. The number of rotatable bonds is 8. The highest BCUT2D eigenvalue weighted by molar-refractivity contribution is 6.31. The van der Waals surface area contributed by atoms with Crippen LogP contribution in [0.3, 0.4) is 0 Å². The number of benzene rings is 2. The molecule has 0 aliphatic carbocycles. The van der Waals surface area contributed by atoms with E-state index in [0.717, 1.165) is 23.7 Å². The Bertz CT molecular complexity index is 596. The summed E-state index contributed by atoms with van der Waals surface area (Å²) in [7, 11) is 6.11. The average Bonchev–Trinajstić information content (AvgIpc) is 2.53. The Labute approximate surface area is 168 Å². The molecule has 6 heteroatoms. The summed E-state index contributed by atoms with van der Waals surface area (Å²) in [6.45, 7) is 2.43. The third-order valence-electron chi connectivity index (χ3n) is 3.68. The Morgan fingerprint density at radius 2 is 1.52 bits per heavy atom. The van der Waals surface area contributed by atoms with E-state index in [9.17, 15) is 0 Å². The highest BCUT2D eigenvalue weighted by atomic mass is 35.5. The van der Waals surface area contributed by atoms with E-state index in [1.165, 1.54) is 5.56 Å². The van der Waals surface area contributed by atoms with Gasteiger partial charge in [0.1, 0.15) is 6.23 Å². The summed E-state index contributed by atoms with van der Waals surface area (Å²) in [5.41, 5.74) is 2.31. The molecule has 0 spiro atoms. The molecule has 25 heavy (non-hydrogen) atoms. The van der Waals surface area contributed by atoms with Crippen molar-refractivity contribution in [1.29, 1.82) is 0 Å². The Morgan fingerprint density at radius 3 is 2.12 bits per heavy atom. The first-order valence-corrected chi connectivity index (χ1v) is 8.20. The van der Waals surface area contributed by atoms with Gasteiger partial charge in [0, 0.05) is 23.7 Å². The summed E-state index contributed by atoms with van der Waals surface area (Å²) in [5.74, 6) is 0. The molecule has 0 aliphatic rings. The highest BCUT2D eigenvalue weighted by Gasteiger charge is 2.17. The molecule has 0 amide bonds. The molecule has 1 atom stereocenters. The summed E-state index contributed by atoms with van der Waals surface area (Å²) in [6.07, 6.45) is -0.131. The van der Waals surface area contributed by atoms with Crippen molar-refractivity contribution in [3.05, 3.63) is 70.7 Å². The number of hydrogen-bond acceptors (Lipinski definition) is 3. The molecule has 0 radical (unpaired) electrons. The van der Waals surface area contributed by atoms with Crippen molar-refractivity contribution in [3.63, 3.8) is 0 Å². The van der Waals surface area contributed by atoms with E-state index in [1.54, 1.807) is 0 Å². The van der Waals surface area contributed by atoms with Gasteiger partial charge in [-0.3, -0.25) is 9.80 Å². The highest BCUT2D eigenvalue weighted by Crippen LogP contribution is 2.26. The molecule has 0 heterocycles. The first-order valence-electron chi connectivity index (χ1n) is 7.83. The van der Waals surface area contributed by atoms with Crippen molar-refractivity contribution in [2.75, 3.05) is 34.3 Å². The minimum Gasteiger partial charge on any atom is -0.357 e. The van der Waals surface area contributed by atoms with Crippen LogP contribution < -0.4 is 0 Å². The standard InChI is InChI=1S/C19H25ClN2O.2ClH/c1-21(2)19(17-11-7-8-12-18(17)20)23-14-13-22(3)15-16-9-5-4-6-10-16;;/h4-12,19H,13-15H2,1-3H3;2*1H. The van der Waals surface area contributed by atoms with E-state index in [2.05, 4.69) is 36.2 Å². The van der Waals surface area contributed by atoms with Crippen LogP contribution in [0.1, 0.15) is 17.4 Å². The van der Waals surface area contributed by atoms with E-state index < -0.39 is 0 Å². The maximum atomic E-state index is 6.29. The zero-order valence-corrected chi connectivity index (χ0v) is 17.3. The van der Waals surface area contributed by atoms with Gasteiger partial charge in [0.25, 0.3) is 0 Å². The fourth-order valence-corrected chi connectivity index (χ4v) is 2.72. The fourth-order valence-electron chi connectivity index (χ4n) is 2.49. The van der Waals surface area contributed by atoms with Gasteiger partial charge in [-0.15, -0.1) is 24.8 Å². The molecule has 0 saturated carbocycles. The molecule has 0 saturated heterocycles. The van der Waals surface area contributed by atoms with Crippen molar-refractivity contribution >= 4 is 36.4 Å². The number of hydrogen-bond donors (Lipinski definition) is 0. The Morgan fingerprint density at radius 1 is 0.920 bits per heavy atom. The molecular formula is C19H27Cl3N2O. The normalized spacial score (nSPS) is 11.8. The van der Waals surface area contributed by atoms with E-state index in [4.69, 9.17) is 16.3 Å². The van der Waals surface area contributed by atoms with Crippen LogP contribution in [0.4, 0.5) is 0 Å². The van der Waals surface area contributed by atoms with E-state index in [0.29, 0.717) is 6.61 Å². The number of halogens is 3. The van der Waals surface area contributed by atoms with Gasteiger partial charge in [0.15, 0.2) is 0 Å². The van der Waals surface area contributed by atoms with Crippen molar-refractivity contribution in [3.8, 4) is 0 Å². The lowest BCUT2D eigenvalue weighted by Gasteiger charge is -2.27. The first kappa shape index (κ1) is 24.2. The lowest BCUT2D eigenvalue weighted by atomic mass is 10.2. The second kappa shape index (κ2) is 12.5.